The summed E-state index contributed by atoms with van der Waals surface area (Å²) in [6.07, 6.45) is 0.984. The van der Waals surface area contributed by atoms with Gasteiger partial charge in [0.05, 0.1) is 34.5 Å². The normalized spacial score (nSPS) is 15.2. The molecule has 0 saturated carbocycles. The lowest BCUT2D eigenvalue weighted by molar-refractivity contribution is -0.143. The Morgan fingerprint density at radius 1 is 0.691 bits per heavy atom. The summed E-state index contributed by atoms with van der Waals surface area (Å²) in [7, 11) is 3.75. The first-order valence-electron chi connectivity index (χ1n) is 16.4. The maximum atomic E-state index is 11.7. The Hall–Kier alpha value is -5.97. The smallest absolute Gasteiger partial charge is 0.347 e. The van der Waals surface area contributed by atoms with Gasteiger partial charge in [-0.25, -0.2) is 19.2 Å². The van der Waals surface area contributed by atoms with Crippen LogP contribution in [0.4, 0.5) is 5.69 Å². The number of rotatable bonds is 9. The zero-order chi connectivity index (χ0) is 41.2. The van der Waals surface area contributed by atoms with Crippen molar-refractivity contribution in [3.05, 3.63) is 82.4 Å². The van der Waals surface area contributed by atoms with Crippen molar-refractivity contribution in [2.45, 2.75) is 50.5 Å². The number of anilines is 1. The lowest BCUT2D eigenvalue weighted by atomic mass is 10.1. The molecule has 2 atom stereocenters. The molecule has 0 bridgehead atoms. The molecule has 0 aromatic heterocycles. The summed E-state index contributed by atoms with van der Waals surface area (Å²) in [6.45, 7) is 3.81. The summed E-state index contributed by atoms with van der Waals surface area (Å²) in [5.74, 6) is -2.43. The van der Waals surface area contributed by atoms with Crippen LogP contribution in [0.3, 0.4) is 0 Å². The predicted octanol–water partition coefficient (Wildman–Crippen LogP) is 4.07. The van der Waals surface area contributed by atoms with E-state index in [-0.39, 0.29) is 69.1 Å². The van der Waals surface area contributed by atoms with E-state index in [1.807, 2.05) is 0 Å². The monoisotopic (exact) mass is 831 g/mol. The molecule has 0 amide bonds. The van der Waals surface area contributed by atoms with E-state index in [9.17, 15) is 43.8 Å². The maximum absolute atomic E-state index is 11.7. The van der Waals surface area contributed by atoms with Gasteiger partial charge in [-0.1, -0.05) is 28.1 Å². The Bertz CT molecular complexity index is 1880. The van der Waals surface area contributed by atoms with Crippen molar-refractivity contribution in [2.24, 2.45) is 0 Å². The molecule has 2 fully saturated rings. The number of ether oxygens (including phenoxy) is 6. The summed E-state index contributed by atoms with van der Waals surface area (Å²) < 4.78 is 28.6. The number of cyclic esters (lactones) is 2. The van der Waals surface area contributed by atoms with Crippen molar-refractivity contribution in [1.82, 2.24) is 0 Å². The van der Waals surface area contributed by atoms with E-state index < -0.39 is 30.0 Å². The van der Waals surface area contributed by atoms with Crippen LogP contribution < -0.4 is 10.5 Å². The summed E-state index contributed by atoms with van der Waals surface area (Å²) in [6, 6.07) is 13.5. The van der Waals surface area contributed by atoms with E-state index in [1.54, 1.807) is 18.2 Å². The molecule has 4 N–H and O–H groups in total. The summed E-state index contributed by atoms with van der Waals surface area (Å²) in [5.41, 5.74) is 7.57. The standard InChI is InChI=1S/C15H16O6.C11H12O4.C8H9NO3.C4H5BrO2/c1-9(16)7-10-3-4-11(14(17)19-2)13(8-10)21-12-5-6-20-15(12)18;1-7(12)5-8-3-4-9(10(13)6-8)11(14)15-2;1-12-8(11)6-3-2-5(9)4-7(6)10;5-3-1-2-7-4(3)6/h3-4,8,12H,5-7H2,1-2H3;3-4,6,13H,5H2,1-2H3;2-4,10H,9H2,1H3;3H,1-2H2. The molecule has 296 valence electrons. The molecule has 5 rings (SSSR count). The van der Waals surface area contributed by atoms with E-state index >= 15 is 0 Å². The van der Waals surface area contributed by atoms with Crippen LogP contribution >= 0.6 is 15.9 Å². The number of esters is 5. The minimum absolute atomic E-state index is 0.000202. The molecule has 55 heavy (non-hydrogen) atoms. The third-order valence-electron chi connectivity index (χ3n) is 7.28. The number of nitrogens with two attached hydrogens (primary N) is 1. The second kappa shape index (κ2) is 22.3. The zero-order valence-electron chi connectivity index (χ0n) is 30.8. The third-order valence-corrected chi connectivity index (χ3v) is 8.11. The van der Waals surface area contributed by atoms with Gasteiger partial charge in [0.15, 0.2) is 6.10 Å². The van der Waals surface area contributed by atoms with Crippen LogP contribution in [0.1, 0.15) is 68.9 Å². The van der Waals surface area contributed by atoms with Crippen molar-refractivity contribution >= 4 is 63.0 Å². The first kappa shape index (κ1) is 45.2. The molecular weight excluding hydrogens is 790 g/mol. The first-order chi connectivity index (χ1) is 26.0. The van der Waals surface area contributed by atoms with Gasteiger partial charge in [0.2, 0.25) is 0 Å². The van der Waals surface area contributed by atoms with Crippen molar-refractivity contribution in [3.63, 3.8) is 0 Å². The van der Waals surface area contributed by atoms with Crippen LogP contribution in [0.5, 0.6) is 17.2 Å². The minimum atomic E-state index is -0.735. The number of aromatic hydroxyl groups is 2. The molecule has 16 nitrogen and oxygen atoms in total. The highest BCUT2D eigenvalue weighted by Gasteiger charge is 2.30. The number of ketones is 2. The molecule has 3 aromatic carbocycles. The van der Waals surface area contributed by atoms with E-state index in [4.69, 9.17) is 15.2 Å². The van der Waals surface area contributed by atoms with Crippen LogP contribution in [0, 0.1) is 0 Å². The fourth-order valence-corrected chi connectivity index (χ4v) is 4.96. The number of benzene rings is 3. The zero-order valence-corrected chi connectivity index (χ0v) is 32.3. The molecule has 2 heterocycles. The van der Waals surface area contributed by atoms with E-state index in [0.717, 1.165) is 6.42 Å². The number of halogens is 1. The van der Waals surface area contributed by atoms with Crippen LogP contribution in [0.25, 0.3) is 0 Å². The van der Waals surface area contributed by atoms with Crippen LogP contribution in [-0.2, 0) is 55.7 Å². The highest BCUT2D eigenvalue weighted by molar-refractivity contribution is 9.10. The average Bonchev–Trinajstić information content (AvgIpc) is 3.72. The molecule has 17 heteroatoms. The Morgan fingerprint density at radius 3 is 1.55 bits per heavy atom. The number of phenols is 2. The Balaban J connectivity index is 0.000000270. The van der Waals surface area contributed by atoms with Crippen LogP contribution in [0.15, 0.2) is 54.6 Å². The molecule has 0 aliphatic carbocycles. The average molecular weight is 833 g/mol. The number of carbonyl (C=O) groups excluding carboxylic acids is 7. The highest BCUT2D eigenvalue weighted by Crippen LogP contribution is 2.26. The molecule has 0 spiro atoms. The van der Waals surface area contributed by atoms with Gasteiger partial charge in [-0.15, -0.1) is 0 Å². The van der Waals surface area contributed by atoms with Crippen molar-refractivity contribution < 1.29 is 72.2 Å². The summed E-state index contributed by atoms with van der Waals surface area (Å²) >= 11 is 3.13. The number of hydrogen-bond donors (Lipinski definition) is 3. The van der Waals surface area contributed by atoms with E-state index in [1.165, 1.54) is 71.6 Å². The molecule has 3 aromatic rings. The Morgan fingerprint density at radius 2 is 1.15 bits per heavy atom. The molecular formula is C38H42BrNO15. The quantitative estimate of drug-likeness (QED) is 0.119. The van der Waals surface area contributed by atoms with Crippen LogP contribution in [0.2, 0.25) is 0 Å². The second-order valence-electron chi connectivity index (χ2n) is 11.7. The van der Waals surface area contributed by atoms with Gasteiger partial charge in [0, 0.05) is 37.4 Å². The Labute approximate surface area is 324 Å². The number of hydrogen-bond acceptors (Lipinski definition) is 16. The number of alkyl halides is 1. The number of methoxy groups -OCH3 is 3. The summed E-state index contributed by atoms with van der Waals surface area (Å²) in [4.78, 5) is 77.5. The van der Waals surface area contributed by atoms with Gasteiger partial charge >= 0.3 is 29.8 Å². The second-order valence-corrected chi connectivity index (χ2v) is 12.8. The number of Topliss-reactive ketones (excluding diaryl/α,β-unsaturated/α-hetero) is 2. The third kappa shape index (κ3) is 14.8. The molecule has 2 aliphatic rings. The minimum Gasteiger partial charge on any atom is -0.507 e. The maximum Gasteiger partial charge on any atom is 0.347 e. The van der Waals surface area contributed by atoms with Gasteiger partial charge in [0.25, 0.3) is 0 Å². The number of carbonyl (C=O) groups is 7. The van der Waals surface area contributed by atoms with Crippen molar-refractivity contribution in [2.75, 3.05) is 40.3 Å². The number of nitrogen functional groups attached to an aromatic ring is 1. The first-order valence-corrected chi connectivity index (χ1v) is 17.3. The molecule has 2 aliphatic heterocycles. The van der Waals surface area contributed by atoms with Gasteiger partial charge in [0.1, 0.15) is 50.3 Å². The highest BCUT2D eigenvalue weighted by atomic mass is 79.9. The van der Waals surface area contributed by atoms with E-state index in [2.05, 4.69) is 34.9 Å². The number of phenolic OH excluding ortho intramolecular Hbond substituents is 2. The lowest BCUT2D eigenvalue weighted by Crippen LogP contribution is -2.23. The predicted molar refractivity (Wildman–Crippen MR) is 198 cm³/mol. The van der Waals surface area contributed by atoms with Gasteiger partial charge in [-0.3, -0.25) is 14.4 Å². The lowest BCUT2D eigenvalue weighted by Gasteiger charge is -2.14. The van der Waals surface area contributed by atoms with Crippen molar-refractivity contribution in [1.29, 1.82) is 0 Å². The topological polar surface area (TPSA) is 241 Å². The summed E-state index contributed by atoms with van der Waals surface area (Å²) in [5, 5.41) is 18.7. The molecule has 2 unspecified atom stereocenters. The molecule has 2 saturated heterocycles. The molecule has 0 radical (unpaired) electrons. The van der Waals surface area contributed by atoms with E-state index in [0.29, 0.717) is 36.4 Å². The van der Waals surface area contributed by atoms with Gasteiger partial charge in [-0.2, -0.15) is 0 Å². The fraction of sp³-hybridized carbons (Fsp3) is 0.342. The van der Waals surface area contributed by atoms with Crippen molar-refractivity contribution in [3.8, 4) is 17.2 Å². The Kier molecular flexibility index (Phi) is 18.3. The van der Waals surface area contributed by atoms with Gasteiger partial charge < -0.3 is 44.4 Å². The SMILES string of the molecule is COC(=O)c1ccc(CC(C)=O)cc1O.COC(=O)c1ccc(CC(C)=O)cc1OC1CCOC1=O.COC(=O)c1ccc(N)cc1O.O=C1OCCC1Br. The largest absolute Gasteiger partial charge is 0.507 e. The fourth-order valence-electron chi connectivity index (χ4n) is 4.64. The van der Waals surface area contributed by atoms with Crippen LogP contribution in [-0.4, -0.2) is 97.1 Å². The van der Waals surface area contributed by atoms with Gasteiger partial charge in [-0.05, 0) is 61.4 Å².